The van der Waals surface area contributed by atoms with Gasteiger partial charge < -0.3 is 14.9 Å². The van der Waals surface area contributed by atoms with Crippen LogP contribution >= 0.6 is 15.9 Å². The van der Waals surface area contributed by atoms with Crippen molar-refractivity contribution < 1.29 is 9.66 Å². The zero-order chi connectivity index (χ0) is 10.3. The monoisotopic (exact) mass is 248 g/mol. The van der Waals surface area contributed by atoms with Gasteiger partial charge in [-0.25, -0.2) is 0 Å². The van der Waals surface area contributed by atoms with Gasteiger partial charge in [-0.05, 0) is 31.9 Å². The van der Waals surface area contributed by atoms with Crippen LogP contribution in [0.2, 0.25) is 0 Å². The number of hydrogen-bond acceptors (Lipinski definition) is 4. The summed E-state index contributed by atoms with van der Waals surface area (Å²) in [6.45, 7) is 0. The van der Waals surface area contributed by atoms with Crippen molar-refractivity contribution >= 4 is 21.7 Å². The molecule has 0 atom stereocenters. The van der Waals surface area contributed by atoms with Gasteiger partial charge >= 0.3 is 5.82 Å². The molecule has 0 aromatic carbocycles. The van der Waals surface area contributed by atoms with E-state index in [2.05, 4.69) is 25.7 Å². The number of halogens is 1. The molecule has 0 saturated heterocycles. The SMILES string of the molecule is COC.O=[N+]([O-])c1ccc(Br)cn1. The Morgan fingerprint density at radius 3 is 2.38 bits per heavy atom. The van der Waals surface area contributed by atoms with Gasteiger partial charge in [0, 0.05) is 20.3 Å². The molecule has 1 heterocycles. The second-order valence-corrected chi connectivity index (χ2v) is 2.92. The first-order valence-corrected chi connectivity index (χ1v) is 4.07. The minimum absolute atomic E-state index is 0.136. The van der Waals surface area contributed by atoms with E-state index in [0.717, 1.165) is 4.47 Å². The van der Waals surface area contributed by atoms with Gasteiger partial charge in [0.2, 0.25) is 0 Å². The third-order valence-corrected chi connectivity index (χ3v) is 1.37. The van der Waals surface area contributed by atoms with Crippen LogP contribution in [0, 0.1) is 10.1 Å². The molecule has 0 bridgehead atoms. The predicted molar refractivity (Wildman–Crippen MR) is 51.5 cm³/mol. The summed E-state index contributed by atoms with van der Waals surface area (Å²) in [5, 5.41) is 10.0. The molecule has 0 fully saturated rings. The van der Waals surface area contributed by atoms with Crippen molar-refractivity contribution in [3.63, 3.8) is 0 Å². The fourth-order valence-electron chi connectivity index (χ4n) is 0.476. The van der Waals surface area contributed by atoms with Crippen molar-refractivity contribution in [2.75, 3.05) is 14.2 Å². The van der Waals surface area contributed by atoms with Gasteiger partial charge in [-0.15, -0.1) is 0 Å². The Bertz CT molecular complexity index is 263. The van der Waals surface area contributed by atoms with E-state index in [4.69, 9.17) is 0 Å². The van der Waals surface area contributed by atoms with E-state index in [-0.39, 0.29) is 5.82 Å². The zero-order valence-electron chi connectivity index (χ0n) is 7.23. The normalized spacial score (nSPS) is 8.54. The van der Waals surface area contributed by atoms with E-state index in [1.165, 1.54) is 12.3 Å². The largest absolute Gasteiger partial charge is 0.388 e. The lowest BCUT2D eigenvalue weighted by Crippen LogP contribution is -1.89. The quantitative estimate of drug-likeness (QED) is 0.564. The van der Waals surface area contributed by atoms with Crippen LogP contribution in [-0.2, 0) is 4.74 Å². The zero-order valence-corrected chi connectivity index (χ0v) is 8.82. The van der Waals surface area contributed by atoms with Gasteiger partial charge in [0.25, 0.3) is 0 Å². The van der Waals surface area contributed by atoms with E-state index in [1.54, 1.807) is 20.3 Å². The summed E-state index contributed by atoms with van der Waals surface area (Å²) < 4.78 is 4.98. The molecular weight excluding hydrogens is 240 g/mol. The lowest BCUT2D eigenvalue weighted by atomic mass is 10.5. The third-order valence-electron chi connectivity index (χ3n) is 0.899. The van der Waals surface area contributed by atoms with E-state index in [9.17, 15) is 10.1 Å². The highest BCUT2D eigenvalue weighted by atomic mass is 79.9. The summed E-state index contributed by atoms with van der Waals surface area (Å²) in [4.78, 5) is 13.0. The maximum absolute atomic E-state index is 10.0. The van der Waals surface area contributed by atoms with Gasteiger partial charge in [0.05, 0.1) is 4.47 Å². The Hall–Kier alpha value is -1.01. The average Bonchev–Trinajstić information content (AvgIpc) is 2.06. The Morgan fingerprint density at radius 1 is 1.54 bits per heavy atom. The topological polar surface area (TPSA) is 65.3 Å². The number of rotatable bonds is 1. The molecule has 0 unspecified atom stereocenters. The van der Waals surface area contributed by atoms with Crippen LogP contribution in [0.4, 0.5) is 5.82 Å². The number of methoxy groups -OCH3 is 1. The molecule has 5 nitrogen and oxygen atoms in total. The first-order valence-electron chi connectivity index (χ1n) is 3.28. The lowest BCUT2D eigenvalue weighted by molar-refractivity contribution is -0.389. The Morgan fingerprint density at radius 2 is 2.08 bits per heavy atom. The highest BCUT2D eigenvalue weighted by Crippen LogP contribution is 2.11. The maximum Gasteiger partial charge on any atom is 0.363 e. The summed E-state index contributed by atoms with van der Waals surface area (Å²) in [6.07, 6.45) is 1.39. The summed E-state index contributed by atoms with van der Waals surface area (Å²) in [6, 6.07) is 2.91. The minimum Gasteiger partial charge on any atom is -0.388 e. The first kappa shape index (κ1) is 12.0. The Balaban J connectivity index is 0.000000424. The van der Waals surface area contributed by atoms with Crippen LogP contribution in [-0.4, -0.2) is 24.1 Å². The van der Waals surface area contributed by atoms with Gasteiger partial charge in [-0.3, -0.25) is 0 Å². The second-order valence-electron chi connectivity index (χ2n) is 2.00. The van der Waals surface area contributed by atoms with Crippen molar-refractivity contribution in [2.24, 2.45) is 0 Å². The second kappa shape index (κ2) is 6.50. The average molecular weight is 249 g/mol. The molecule has 0 radical (unpaired) electrons. The number of nitro groups is 1. The highest BCUT2D eigenvalue weighted by Gasteiger charge is 2.03. The van der Waals surface area contributed by atoms with E-state index in [1.807, 2.05) is 0 Å². The van der Waals surface area contributed by atoms with Crippen LogP contribution < -0.4 is 0 Å². The van der Waals surface area contributed by atoms with Crippen LogP contribution in [0.3, 0.4) is 0 Å². The van der Waals surface area contributed by atoms with Gasteiger partial charge in [-0.2, -0.15) is 0 Å². The Kier molecular flexibility index (Phi) is 5.99. The number of nitrogens with zero attached hydrogens (tertiary/aromatic N) is 2. The molecular formula is C7H9BrN2O3. The molecule has 0 aliphatic rings. The van der Waals surface area contributed by atoms with Crippen molar-refractivity contribution in [3.05, 3.63) is 32.9 Å². The molecule has 0 aliphatic carbocycles. The molecule has 0 amide bonds. The molecule has 0 spiro atoms. The summed E-state index contributed by atoms with van der Waals surface area (Å²) in [5.41, 5.74) is 0. The molecule has 1 aromatic heterocycles. The van der Waals surface area contributed by atoms with Crippen LogP contribution in [0.25, 0.3) is 0 Å². The summed E-state index contributed by atoms with van der Waals surface area (Å²) in [5.74, 6) is -0.136. The molecule has 0 N–H and O–H groups in total. The van der Waals surface area contributed by atoms with Crippen LogP contribution in [0.1, 0.15) is 0 Å². The predicted octanol–water partition coefficient (Wildman–Crippen LogP) is 2.01. The maximum atomic E-state index is 10.0. The molecule has 1 rings (SSSR count). The lowest BCUT2D eigenvalue weighted by Gasteiger charge is -1.88. The number of hydrogen-bond donors (Lipinski definition) is 0. The molecule has 0 aliphatic heterocycles. The van der Waals surface area contributed by atoms with Gasteiger partial charge in [-0.1, -0.05) is 0 Å². The van der Waals surface area contributed by atoms with Crippen molar-refractivity contribution in [1.82, 2.24) is 4.98 Å². The van der Waals surface area contributed by atoms with Gasteiger partial charge in [0.1, 0.15) is 0 Å². The molecule has 72 valence electrons. The molecule has 6 heteroatoms. The van der Waals surface area contributed by atoms with E-state index >= 15 is 0 Å². The van der Waals surface area contributed by atoms with Crippen LogP contribution in [0.5, 0.6) is 0 Å². The number of aromatic nitrogens is 1. The van der Waals surface area contributed by atoms with Crippen molar-refractivity contribution in [2.45, 2.75) is 0 Å². The summed E-state index contributed by atoms with van der Waals surface area (Å²) in [7, 11) is 3.25. The highest BCUT2D eigenvalue weighted by molar-refractivity contribution is 9.10. The standard InChI is InChI=1S/C5H3BrN2O2.C2H6O/c6-4-1-2-5(7-3-4)8(9)10;1-3-2/h1-3H;1-2H3. The fraction of sp³-hybridized carbons (Fsp3) is 0.286. The molecule has 0 saturated carbocycles. The fourth-order valence-corrected chi connectivity index (χ4v) is 0.711. The number of pyridine rings is 1. The number of ether oxygens (including phenoxy) is 1. The third kappa shape index (κ3) is 5.26. The first-order chi connectivity index (χ1) is 6.11. The van der Waals surface area contributed by atoms with Crippen molar-refractivity contribution in [1.29, 1.82) is 0 Å². The van der Waals surface area contributed by atoms with Crippen molar-refractivity contribution in [3.8, 4) is 0 Å². The van der Waals surface area contributed by atoms with Gasteiger partial charge in [0.15, 0.2) is 6.20 Å². The smallest absolute Gasteiger partial charge is 0.363 e. The molecule has 1 aromatic rings. The minimum atomic E-state index is -0.535. The Labute approximate surface area is 84.0 Å². The van der Waals surface area contributed by atoms with E-state index in [0.29, 0.717) is 0 Å². The summed E-state index contributed by atoms with van der Waals surface area (Å²) >= 11 is 3.11. The van der Waals surface area contributed by atoms with E-state index < -0.39 is 4.92 Å². The van der Waals surface area contributed by atoms with Crippen LogP contribution in [0.15, 0.2) is 22.8 Å². The molecule has 13 heavy (non-hydrogen) atoms.